The molecule has 0 saturated carbocycles. The molecule has 1 fully saturated rings. The predicted molar refractivity (Wildman–Crippen MR) is 125 cm³/mol. The third kappa shape index (κ3) is 6.06. The molecule has 1 saturated heterocycles. The van der Waals surface area contributed by atoms with E-state index in [1.54, 1.807) is 19.1 Å². The Bertz CT molecular complexity index is 936. The van der Waals surface area contributed by atoms with Crippen molar-refractivity contribution in [1.82, 2.24) is 14.9 Å². The maximum absolute atomic E-state index is 11.5. The van der Waals surface area contributed by atoms with E-state index in [0.717, 1.165) is 36.6 Å². The molecule has 0 amide bonds. The van der Waals surface area contributed by atoms with E-state index in [0.29, 0.717) is 28.5 Å². The number of anilines is 2. The Morgan fingerprint density at radius 1 is 1.17 bits per heavy atom. The van der Waals surface area contributed by atoms with Crippen LogP contribution in [0.3, 0.4) is 0 Å². The summed E-state index contributed by atoms with van der Waals surface area (Å²) in [6, 6.07) is 9.11. The summed E-state index contributed by atoms with van der Waals surface area (Å²) in [5.41, 5.74) is 3.22. The van der Waals surface area contributed by atoms with Crippen molar-refractivity contribution in [3.05, 3.63) is 47.3 Å². The number of aryl methyl sites for hydroxylation is 2. The summed E-state index contributed by atoms with van der Waals surface area (Å²) >= 11 is 5.49. The number of nitrogens with one attached hydrogen (secondary N) is 2. The van der Waals surface area contributed by atoms with Crippen LogP contribution in [0.1, 0.15) is 48.4 Å². The van der Waals surface area contributed by atoms with E-state index < -0.39 is 0 Å². The van der Waals surface area contributed by atoms with Gasteiger partial charge in [0.15, 0.2) is 5.78 Å². The lowest BCUT2D eigenvalue weighted by molar-refractivity contribution is 0.101. The van der Waals surface area contributed by atoms with E-state index in [4.69, 9.17) is 12.2 Å². The number of benzene rings is 1. The first-order valence-corrected chi connectivity index (χ1v) is 10.6. The number of thiocarbonyl (C=S) groups is 1. The van der Waals surface area contributed by atoms with Gasteiger partial charge >= 0.3 is 0 Å². The van der Waals surface area contributed by atoms with Crippen LogP contribution in [0.4, 0.5) is 11.6 Å². The predicted octanol–water partition coefficient (Wildman–Crippen LogP) is 4.19. The number of carbonyl (C=O) groups excluding carboxylic acids is 1. The molecule has 1 atom stereocenters. The Balaban J connectivity index is 1.81. The molecule has 8 heteroatoms. The Hall–Kier alpha value is -2.87. The molecule has 30 heavy (non-hydrogen) atoms. The third-order valence-electron chi connectivity index (χ3n) is 4.91. The molecule has 1 unspecified atom stereocenters. The van der Waals surface area contributed by atoms with Crippen LogP contribution in [0.15, 0.2) is 35.3 Å². The van der Waals surface area contributed by atoms with Crippen molar-refractivity contribution < 1.29 is 4.79 Å². The minimum Gasteiger partial charge on any atom is -0.342 e. The smallest absolute Gasteiger partial charge is 0.229 e. The third-order valence-corrected chi connectivity index (χ3v) is 5.11. The van der Waals surface area contributed by atoms with Gasteiger partial charge in [0, 0.05) is 35.7 Å². The SMILES string of the molecule is CC(=O)c1ccc(NC(=S)/N=C(/Nc2nc(C)cc(C)n2)N2CCCC(C)C2)cc1. The monoisotopic (exact) mass is 424 g/mol. The van der Waals surface area contributed by atoms with Crippen LogP contribution in [-0.2, 0) is 0 Å². The molecule has 1 aromatic heterocycles. The standard InChI is InChI=1S/C22H28N6OS/c1-14-6-5-11-28(13-14)21(26-20-23-15(2)12-16(3)24-20)27-22(30)25-19-9-7-18(8-10-19)17(4)29/h7-10,12,14H,5-6,11,13H2,1-4H3,(H2,23,24,25,26,27,30). The van der Waals surface area contributed by atoms with Crippen molar-refractivity contribution in [2.75, 3.05) is 23.7 Å². The highest BCUT2D eigenvalue weighted by Crippen LogP contribution is 2.17. The van der Waals surface area contributed by atoms with Crippen LogP contribution < -0.4 is 10.6 Å². The topological polar surface area (TPSA) is 82.5 Å². The highest BCUT2D eigenvalue weighted by molar-refractivity contribution is 7.80. The number of likely N-dealkylation sites (tertiary alicyclic amines) is 1. The van der Waals surface area contributed by atoms with Gasteiger partial charge < -0.3 is 10.2 Å². The molecule has 2 aromatic rings. The first-order chi connectivity index (χ1) is 14.3. The van der Waals surface area contributed by atoms with E-state index in [1.807, 2.05) is 32.0 Å². The number of nitrogens with zero attached hydrogens (tertiary/aromatic N) is 4. The lowest BCUT2D eigenvalue weighted by atomic mass is 10.0. The van der Waals surface area contributed by atoms with Crippen molar-refractivity contribution in [3.8, 4) is 0 Å². The Labute approximate surface area is 183 Å². The maximum atomic E-state index is 11.5. The highest BCUT2D eigenvalue weighted by atomic mass is 32.1. The lowest BCUT2D eigenvalue weighted by Gasteiger charge is -2.33. The van der Waals surface area contributed by atoms with Crippen LogP contribution >= 0.6 is 12.2 Å². The largest absolute Gasteiger partial charge is 0.342 e. The summed E-state index contributed by atoms with van der Waals surface area (Å²) in [5, 5.41) is 6.73. The number of aliphatic imine (C=N–C) groups is 1. The number of piperidine rings is 1. The molecular formula is C22H28N6OS. The van der Waals surface area contributed by atoms with E-state index >= 15 is 0 Å². The fraction of sp³-hybridized carbons (Fsp3) is 0.409. The Morgan fingerprint density at radius 2 is 1.83 bits per heavy atom. The van der Waals surface area contributed by atoms with Crippen LogP contribution in [0.25, 0.3) is 0 Å². The van der Waals surface area contributed by atoms with Gasteiger partial charge in [-0.15, -0.1) is 0 Å². The Kier molecular flexibility index (Phi) is 7.10. The molecule has 2 heterocycles. The van der Waals surface area contributed by atoms with Crippen LogP contribution in [0.2, 0.25) is 0 Å². The van der Waals surface area contributed by atoms with E-state index in [9.17, 15) is 4.79 Å². The highest BCUT2D eigenvalue weighted by Gasteiger charge is 2.21. The average molecular weight is 425 g/mol. The average Bonchev–Trinajstić information content (AvgIpc) is 2.67. The molecule has 7 nitrogen and oxygen atoms in total. The number of carbonyl (C=O) groups is 1. The summed E-state index contributed by atoms with van der Waals surface area (Å²) in [6.07, 6.45) is 2.30. The first kappa shape index (κ1) is 21.8. The zero-order valence-electron chi connectivity index (χ0n) is 17.9. The van der Waals surface area contributed by atoms with Gasteiger partial charge in [-0.2, -0.15) is 4.99 Å². The number of Topliss-reactive ketones (excluding diaryl/α,β-unsaturated/α-hetero) is 1. The zero-order valence-corrected chi connectivity index (χ0v) is 18.7. The molecule has 0 bridgehead atoms. The number of hydrogen-bond acceptors (Lipinski definition) is 4. The summed E-state index contributed by atoms with van der Waals surface area (Å²) in [6.45, 7) is 9.46. The summed E-state index contributed by atoms with van der Waals surface area (Å²) in [7, 11) is 0. The van der Waals surface area contributed by atoms with Crippen molar-refractivity contribution in [2.24, 2.45) is 10.9 Å². The molecule has 158 valence electrons. The second-order valence-corrected chi connectivity index (χ2v) is 8.18. The van der Waals surface area contributed by atoms with Crippen molar-refractivity contribution >= 4 is 40.7 Å². The van der Waals surface area contributed by atoms with Crippen LogP contribution in [0, 0.1) is 19.8 Å². The zero-order chi connectivity index (χ0) is 21.7. The molecule has 0 radical (unpaired) electrons. The van der Waals surface area contributed by atoms with Crippen LogP contribution in [0.5, 0.6) is 0 Å². The molecular weight excluding hydrogens is 396 g/mol. The van der Waals surface area contributed by atoms with Gasteiger partial charge in [-0.1, -0.05) is 6.92 Å². The van der Waals surface area contributed by atoms with Gasteiger partial charge in [-0.25, -0.2) is 9.97 Å². The lowest BCUT2D eigenvalue weighted by Crippen LogP contribution is -2.43. The summed E-state index contributed by atoms with van der Waals surface area (Å²) in [5.74, 6) is 1.76. The van der Waals surface area contributed by atoms with Gasteiger partial charge in [0.2, 0.25) is 17.0 Å². The molecule has 1 aliphatic heterocycles. The van der Waals surface area contributed by atoms with E-state index in [-0.39, 0.29) is 5.78 Å². The molecule has 0 spiro atoms. The second kappa shape index (κ2) is 9.75. The van der Waals surface area contributed by atoms with Crippen molar-refractivity contribution in [2.45, 2.75) is 40.5 Å². The Morgan fingerprint density at radius 3 is 2.43 bits per heavy atom. The maximum Gasteiger partial charge on any atom is 0.229 e. The fourth-order valence-corrected chi connectivity index (χ4v) is 3.68. The fourth-order valence-electron chi connectivity index (χ4n) is 3.48. The minimum atomic E-state index is 0.0290. The second-order valence-electron chi connectivity index (χ2n) is 7.79. The number of hydrogen-bond donors (Lipinski definition) is 2. The van der Waals surface area contributed by atoms with E-state index in [1.165, 1.54) is 6.42 Å². The number of rotatable bonds is 3. The minimum absolute atomic E-state index is 0.0290. The van der Waals surface area contributed by atoms with Crippen molar-refractivity contribution in [3.63, 3.8) is 0 Å². The quantitative estimate of drug-likeness (QED) is 0.331. The van der Waals surface area contributed by atoms with Gasteiger partial charge in [0.05, 0.1) is 0 Å². The number of ketones is 1. The number of guanidine groups is 1. The van der Waals surface area contributed by atoms with Gasteiger partial charge in [0.25, 0.3) is 0 Å². The van der Waals surface area contributed by atoms with Crippen molar-refractivity contribution in [1.29, 1.82) is 0 Å². The van der Waals surface area contributed by atoms with Gasteiger partial charge in [0.1, 0.15) is 0 Å². The summed E-state index contributed by atoms with van der Waals surface area (Å²) < 4.78 is 0. The van der Waals surface area contributed by atoms with Crippen LogP contribution in [-0.4, -0.2) is 44.8 Å². The molecule has 3 rings (SSSR count). The molecule has 1 aliphatic rings. The molecule has 0 aliphatic carbocycles. The van der Waals surface area contributed by atoms with Gasteiger partial charge in [-0.3, -0.25) is 10.1 Å². The van der Waals surface area contributed by atoms with E-state index in [2.05, 4.69) is 37.4 Å². The number of aromatic nitrogens is 2. The normalized spacial score (nSPS) is 16.9. The molecule has 2 N–H and O–H groups in total. The summed E-state index contributed by atoms with van der Waals surface area (Å²) in [4.78, 5) is 27.3. The first-order valence-electron chi connectivity index (χ1n) is 10.1. The van der Waals surface area contributed by atoms with Gasteiger partial charge in [-0.05, 0) is 82.1 Å². The molecule has 1 aromatic carbocycles.